The Hall–Kier alpha value is -1.62. The number of amides is 1. The Balaban J connectivity index is 1.93. The second-order valence-corrected chi connectivity index (χ2v) is 5.86. The molecule has 1 atom stereocenters. The van der Waals surface area contributed by atoms with E-state index in [1.807, 2.05) is 19.9 Å². The molecule has 122 valence electrons. The van der Waals surface area contributed by atoms with Crippen molar-refractivity contribution >= 4 is 11.6 Å². The van der Waals surface area contributed by atoms with Gasteiger partial charge in [-0.25, -0.2) is 4.98 Å². The van der Waals surface area contributed by atoms with E-state index in [-0.39, 0.29) is 5.91 Å². The topological polar surface area (TPSA) is 60.5 Å². The van der Waals surface area contributed by atoms with E-state index in [9.17, 15) is 4.79 Å². The largest absolute Gasteiger partial charge is 0.478 e. The number of pyridine rings is 1. The summed E-state index contributed by atoms with van der Waals surface area (Å²) in [5.74, 6) is 0.802. The maximum Gasteiger partial charge on any atom is 0.256 e. The van der Waals surface area contributed by atoms with E-state index >= 15 is 0 Å². The van der Waals surface area contributed by atoms with Gasteiger partial charge in [-0.2, -0.15) is 0 Å². The van der Waals surface area contributed by atoms with Crippen LogP contribution in [0.5, 0.6) is 5.88 Å². The normalized spacial score (nSPS) is 16.9. The summed E-state index contributed by atoms with van der Waals surface area (Å²) in [6, 6.07) is 3.59. The van der Waals surface area contributed by atoms with Crippen LogP contribution in [-0.2, 0) is 9.53 Å². The van der Waals surface area contributed by atoms with Crippen molar-refractivity contribution in [2.45, 2.75) is 52.1 Å². The average Bonchev–Trinajstić information content (AvgIpc) is 3.34. The van der Waals surface area contributed by atoms with E-state index in [0.29, 0.717) is 30.7 Å². The van der Waals surface area contributed by atoms with Gasteiger partial charge in [0.25, 0.3) is 5.91 Å². The zero-order chi connectivity index (χ0) is 16.0. The smallest absolute Gasteiger partial charge is 0.256 e. The molecule has 5 nitrogen and oxygen atoms in total. The van der Waals surface area contributed by atoms with Crippen LogP contribution in [0, 0.1) is 5.92 Å². The highest BCUT2D eigenvalue weighted by Crippen LogP contribution is 2.42. The third kappa shape index (κ3) is 4.19. The lowest BCUT2D eigenvalue weighted by atomic mass is 9.99. The van der Waals surface area contributed by atoms with Gasteiger partial charge in [0.05, 0.1) is 18.5 Å². The lowest BCUT2D eigenvalue weighted by molar-refractivity contribution is -0.141. The SMILES string of the molecule is CCCCOc1ccc(NC(=O)[C@@](C)(OCC)C2CC2)cn1. The minimum absolute atomic E-state index is 0.0988. The zero-order valence-electron chi connectivity index (χ0n) is 13.7. The number of nitrogens with zero attached hydrogens (tertiary/aromatic N) is 1. The van der Waals surface area contributed by atoms with Crippen LogP contribution in [0.2, 0.25) is 0 Å². The molecule has 1 aliphatic carbocycles. The summed E-state index contributed by atoms with van der Waals surface area (Å²) in [7, 11) is 0. The van der Waals surface area contributed by atoms with Crippen molar-refractivity contribution in [3.05, 3.63) is 18.3 Å². The van der Waals surface area contributed by atoms with Gasteiger partial charge in [-0.1, -0.05) is 13.3 Å². The molecular weight excluding hydrogens is 280 g/mol. The second-order valence-electron chi connectivity index (χ2n) is 5.86. The van der Waals surface area contributed by atoms with Crippen molar-refractivity contribution in [1.82, 2.24) is 4.98 Å². The van der Waals surface area contributed by atoms with E-state index in [0.717, 1.165) is 25.7 Å². The molecule has 1 aromatic heterocycles. The molecule has 1 N–H and O–H groups in total. The number of rotatable bonds is 9. The molecule has 0 aromatic carbocycles. The highest BCUT2D eigenvalue weighted by molar-refractivity contribution is 5.97. The molecule has 1 aromatic rings. The molecule has 1 fully saturated rings. The molecule has 0 aliphatic heterocycles. The molecule has 0 bridgehead atoms. The summed E-state index contributed by atoms with van der Waals surface area (Å²) in [4.78, 5) is 16.7. The van der Waals surface area contributed by atoms with Crippen molar-refractivity contribution in [2.24, 2.45) is 5.92 Å². The third-order valence-corrected chi connectivity index (χ3v) is 3.99. The summed E-state index contributed by atoms with van der Waals surface area (Å²) in [6.07, 6.45) is 5.82. The van der Waals surface area contributed by atoms with Gasteiger partial charge in [-0.05, 0) is 45.1 Å². The van der Waals surface area contributed by atoms with Gasteiger partial charge in [0, 0.05) is 12.7 Å². The van der Waals surface area contributed by atoms with Crippen LogP contribution in [0.4, 0.5) is 5.69 Å². The molecule has 0 radical (unpaired) electrons. The lowest BCUT2D eigenvalue weighted by Crippen LogP contribution is -2.44. The van der Waals surface area contributed by atoms with Gasteiger partial charge in [0.2, 0.25) is 5.88 Å². The Bertz CT molecular complexity index is 485. The van der Waals surface area contributed by atoms with Crippen molar-refractivity contribution in [1.29, 1.82) is 0 Å². The van der Waals surface area contributed by atoms with E-state index in [4.69, 9.17) is 9.47 Å². The summed E-state index contributed by atoms with van der Waals surface area (Å²) >= 11 is 0. The summed E-state index contributed by atoms with van der Waals surface area (Å²) in [5.41, 5.74) is -0.0789. The molecule has 22 heavy (non-hydrogen) atoms. The summed E-state index contributed by atoms with van der Waals surface area (Å²) in [6.45, 7) is 7.10. The Kier molecular flexibility index (Phi) is 5.77. The Morgan fingerprint density at radius 1 is 1.41 bits per heavy atom. The highest BCUT2D eigenvalue weighted by Gasteiger charge is 2.48. The maximum atomic E-state index is 12.5. The quantitative estimate of drug-likeness (QED) is 0.710. The molecular formula is C17H26N2O3. The fraction of sp³-hybridized carbons (Fsp3) is 0.647. The monoisotopic (exact) mass is 306 g/mol. The number of unbranched alkanes of at least 4 members (excludes halogenated alkanes) is 1. The van der Waals surface area contributed by atoms with Crippen molar-refractivity contribution in [3.63, 3.8) is 0 Å². The third-order valence-electron chi connectivity index (χ3n) is 3.99. The number of carbonyl (C=O) groups excluding carboxylic acids is 1. The van der Waals surface area contributed by atoms with Crippen LogP contribution in [0.3, 0.4) is 0 Å². The average molecular weight is 306 g/mol. The number of aromatic nitrogens is 1. The van der Waals surface area contributed by atoms with E-state index < -0.39 is 5.60 Å². The van der Waals surface area contributed by atoms with Crippen LogP contribution in [0.1, 0.15) is 46.5 Å². The highest BCUT2D eigenvalue weighted by atomic mass is 16.5. The van der Waals surface area contributed by atoms with Crippen LogP contribution in [0.25, 0.3) is 0 Å². The van der Waals surface area contributed by atoms with Gasteiger partial charge in [0.15, 0.2) is 0 Å². The number of ether oxygens (including phenoxy) is 2. The predicted molar refractivity (Wildman–Crippen MR) is 86.0 cm³/mol. The first-order chi connectivity index (χ1) is 10.6. The first-order valence-electron chi connectivity index (χ1n) is 8.14. The molecule has 1 aliphatic rings. The number of carbonyl (C=O) groups is 1. The van der Waals surface area contributed by atoms with Gasteiger partial charge in [-0.15, -0.1) is 0 Å². The Morgan fingerprint density at radius 2 is 2.18 bits per heavy atom. The first-order valence-corrected chi connectivity index (χ1v) is 8.14. The van der Waals surface area contributed by atoms with Crippen molar-refractivity contribution in [3.8, 4) is 5.88 Å². The van der Waals surface area contributed by atoms with Gasteiger partial charge in [0.1, 0.15) is 5.60 Å². The minimum Gasteiger partial charge on any atom is -0.478 e. The number of nitrogens with one attached hydrogen (secondary N) is 1. The standard InChI is InChI=1S/C17H26N2O3/c1-4-6-11-21-15-10-9-14(12-18-15)19-16(20)17(3,22-5-2)13-7-8-13/h9-10,12-13H,4-8,11H2,1-3H3,(H,19,20)/t17-/m0/s1. The summed E-state index contributed by atoms with van der Waals surface area (Å²) < 4.78 is 11.2. The fourth-order valence-corrected chi connectivity index (χ4v) is 2.42. The van der Waals surface area contributed by atoms with Crippen molar-refractivity contribution in [2.75, 3.05) is 18.5 Å². The molecule has 1 heterocycles. The van der Waals surface area contributed by atoms with Gasteiger partial charge < -0.3 is 14.8 Å². The van der Waals surface area contributed by atoms with Gasteiger partial charge in [-0.3, -0.25) is 4.79 Å². The van der Waals surface area contributed by atoms with Crippen LogP contribution < -0.4 is 10.1 Å². The lowest BCUT2D eigenvalue weighted by Gasteiger charge is -2.28. The van der Waals surface area contributed by atoms with Gasteiger partial charge >= 0.3 is 0 Å². The maximum absolute atomic E-state index is 12.5. The molecule has 5 heteroatoms. The zero-order valence-corrected chi connectivity index (χ0v) is 13.7. The Labute approximate surface area is 132 Å². The number of hydrogen-bond acceptors (Lipinski definition) is 4. The molecule has 0 spiro atoms. The molecule has 1 saturated carbocycles. The van der Waals surface area contributed by atoms with E-state index in [1.165, 1.54) is 0 Å². The van der Waals surface area contributed by atoms with E-state index in [2.05, 4.69) is 17.2 Å². The predicted octanol–water partition coefficient (Wildman–Crippen LogP) is 3.40. The molecule has 0 unspecified atom stereocenters. The number of hydrogen-bond donors (Lipinski definition) is 1. The first kappa shape index (κ1) is 16.7. The van der Waals surface area contributed by atoms with Crippen LogP contribution in [0.15, 0.2) is 18.3 Å². The van der Waals surface area contributed by atoms with Crippen LogP contribution in [-0.4, -0.2) is 29.7 Å². The fourth-order valence-electron chi connectivity index (χ4n) is 2.42. The number of anilines is 1. The minimum atomic E-state index is -0.745. The van der Waals surface area contributed by atoms with E-state index in [1.54, 1.807) is 12.3 Å². The molecule has 2 rings (SSSR count). The summed E-state index contributed by atoms with van der Waals surface area (Å²) in [5, 5.41) is 2.90. The Morgan fingerprint density at radius 3 is 2.73 bits per heavy atom. The second kappa shape index (κ2) is 7.58. The molecule has 0 saturated heterocycles. The van der Waals surface area contributed by atoms with Crippen molar-refractivity contribution < 1.29 is 14.3 Å². The van der Waals surface area contributed by atoms with Crippen LogP contribution >= 0.6 is 0 Å². The molecule has 1 amide bonds.